The fourth-order valence-corrected chi connectivity index (χ4v) is 2.14. The van der Waals surface area contributed by atoms with Crippen LogP contribution in [0.15, 0.2) is 18.2 Å². The normalized spacial score (nSPS) is 10.7. The van der Waals surface area contributed by atoms with Gasteiger partial charge in [-0.05, 0) is 24.6 Å². The van der Waals surface area contributed by atoms with E-state index in [0.717, 1.165) is 0 Å². The van der Waals surface area contributed by atoms with Crippen LogP contribution >= 0.6 is 11.6 Å². The topological polar surface area (TPSA) is 70.1 Å². The molecule has 0 unspecified atom stereocenters. The highest BCUT2D eigenvalue weighted by Gasteiger charge is 2.20. The largest absolute Gasteiger partial charge is 0.456 e. The zero-order chi connectivity index (χ0) is 15.6. The van der Waals surface area contributed by atoms with Gasteiger partial charge in [0.15, 0.2) is 5.69 Å². The number of hydrogen-bond donors (Lipinski definition) is 1. The SMILES string of the molecule is CCc1nn(C)c(C(=O)OCc2cc(F)ccc2Cl)c1N. The van der Waals surface area contributed by atoms with Crippen LogP contribution in [-0.4, -0.2) is 15.7 Å². The van der Waals surface area contributed by atoms with E-state index in [0.29, 0.717) is 28.4 Å². The number of aryl methyl sites for hydroxylation is 2. The van der Waals surface area contributed by atoms with Gasteiger partial charge in [-0.3, -0.25) is 4.68 Å². The van der Waals surface area contributed by atoms with E-state index in [1.807, 2.05) is 6.92 Å². The molecule has 0 fully saturated rings. The molecule has 0 radical (unpaired) electrons. The minimum absolute atomic E-state index is 0.137. The Hall–Kier alpha value is -2.08. The first-order valence-electron chi connectivity index (χ1n) is 6.36. The molecule has 2 rings (SSSR count). The summed E-state index contributed by atoms with van der Waals surface area (Å²) in [4.78, 5) is 12.1. The molecule has 0 atom stereocenters. The minimum atomic E-state index is -0.623. The van der Waals surface area contributed by atoms with E-state index in [2.05, 4.69) is 5.10 Å². The zero-order valence-corrected chi connectivity index (χ0v) is 12.4. The molecule has 1 aromatic carbocycles. The van der Waals surface area contributed by atoms with Crippen LogP contribution in [0.3, 0.4) is 0 Å². The van der Waals surface area contributed by atoms with Crippen LogP contribution in [0.5, 0.6) is 0 Å². The number of carbonyl (C=O) groups is 1. The van der Waals surface area contributed by atoms with Crippen molar-refractivity contribution in [3.63, 3.8) is 0 Å². The van der Waals surface area contributed by atoms with Crippen LogP contribution in [0.2, 0.25) is 5.02 Å². The third-order valence-corrected chi connectivity index (χ3v) is 3.42. The highest BCUT2D eigenvalue weighted by atomic mass is 35.5. The zero-order valence-electron chi connectivity index (χ0n) is 11.7. The van der Waals surface area contributed by atoms with E-state index in [9.17, 15) is 9.18 Å². The van der Waals surface area contributed by atoms with Crippen molar-refractivity contribution in [1.82, 2.24) is 9.78 Å². The number of ether oxygens (including phenoxy) is 1. The molecule has 2 N–H and O–H groups in total. The maximum atomic E-state index is 13.1. The number of aromatic nitrogens is 2. The van der Waals surface area contributed by atoms with Gasteiger partial charge in [-0.25, -0.2) is 9.18 Å². The van der Waals surface area contributed by atoms with Crippen LogP contribution in [0.1, 0.15) is 28.7 Å². The van der Waals surface area contributed by atoms with Gasteiger partial charge in [-0.2, -0.15) is 5.10 Å². The third kappa shape index (κ3) is 3.16. The summed E-state index contributed by atoms with van der Waals surface area (Å²) in [5, 5.41) is 4.47. The average molecular weight is 312 g/mol. The molecule has 21 heavy (non-hydrogen) atoms. The lowest BCUT2D eigenvalue weighted by Crippen LogP contribution is -2.12. The molecule has 0 aliphatic carbocycles. The van der Waals surface area contributed by atoms with Crippen molar-refractivity contribution >= 4 is 23.3 Å². The molecule has 0 bridgehead atoms. The summed E-state index contributed by atoms with van der Waals surface area (Å²) in [5.74, 6) is -1.07. The van der Waals surface area contributed by atoms with Gasteiger partial charge >= 0.3 is 5.97 Å². The van der Waals surface area contributed by atoms with Crippen LogP contribution in [0.25, 0.3) is 0 Å². The summed E-state index contributed by atoms with van der Waals surface area (Å²) in [6.45, 7) is 1.75. The summed E-state index contributed by atoms with van der Waals surface area (Å²) in [6, 6.07) is 3.87. The first kappa shape index (κ1) is 15.3. The van der Waals surface area contributed by atoms with E-state index in [1.165, 1.54) is 22.9 Å². The second kappa shape index (κ2) is 6.13. The molecule has 0 saturated heterocycles. The highest BCUT2D eigenvalue weighted by Crippen LogP contribution is 2.21. The van der Waals surface area contributed by atoms with Gasteiger partial charge in [0.05, 0.1) is 11.4 Å². The van der Waals surface area contributed by atoms with Gasteiger partial charge in [0.2, 0.25) is 0 Å². The first-order chi connectivity index (χ1) is 9.93. The van der Waals surface area contributed by atoms with Gasteiger partial charge < -0.3 is 10.5 Å². The standard InChI is InChI=1S/C14H15ClFN3O2/c1-3-11-12(17)13(19(2)18-11)14(20)21-7-8-6-9(16)4-5-10(8)15/h4-6H,3,7,17H2,1-2H3. The summed E-state index contributed by atoms with van der Waals surface area (Å²) in [7, 11) is 1.61. The van der Waals surface area contributed by atoms with Crippen molar-refractivity contribution in [1.29, 1.82) is 0 Å². The maximum absolute atomic E-state index is 13.1. The molecule has 5 nitrogen and oxygen atoms in total. The number of nitrogens with two attached hydrogens (primary N) is 1. The molecule has 0 aliphatic heterocycles. The Labute approximate surface area is 126 Å². The lowest BCUT2D eigenvalue weighted by Gasteiger charge is -2.07. The van der Waals surface area contributed by atoms with Crippen LogP contribution in [0, 0.1) is 5.82 Å². The van der Waals surface area contributed by atoms with Crippen molar-refractivity contribution < 1.29 is 13.9 Å². The Kier molecular flexibility index (Phi) is 4.47. The number of hydrogen-bond acceptors (Lipinski definition) is 4. The third-order valence-electron chi connectivity index (χ3n) is 3.06. The molecule has 0 amide bonds. The highest BCUT2D eigenvalue weighted by molar-refractivity contribution is 6.31. The molecule has 7 heteroatoms. The summed E-state index contributed by atoms with van der Waals surface area (Å²) >= 11 is 5.91. The van der Waals surface area contributed by atoms with E-state index in [-0.39, 0.29) is 12.3 Å². The van der Waals surface area contributed by atoms with Gasteiger partial charge in [-0.1, -0.05) is 18.5 Å². The quantitative estimate of drug-likeness (QED) is 0.881. The molecule has 0 spiro atoms. The fourth-order valence-electron chi connectivity index (χ4n) is 1.96. The molecular weight excluding hydrogens is 297 g/mol. The van der Waals surface area contributed by atoms with Gasteiger partial charge in [0.25, 0.3) is 0 Å². The summed E-state index contributed by atoms with van der Waals surface area (Å²) in [5.41, 5.74) is 7.37. The van der Waals surface area contributed by atoms with Gasteiger partial charge in [-0.15, -0.1) is 0 Å². The number of carbonyl (C=O) groups excluding carboxylic acids is 1. The number of halogens is 2. The Morgan fingerprint density at radius 2 is 2.24 bits per heavy atom. The Morgan fingerprint density at radius 1 is 1.52 bits per heavy atom. The van der Waals surface area contributed by atoms with Crippen molar-refractivity contribution in [3.05, 3.63) is 46.0 Å². The van der Waals surface area contributed by atoms with Crippen molar-refractivity contribution in [3.8, 4) is 0 Å². The monoisotopic (exact) mass is 311 g/mol. The van der Waals surface area contributed by atoms with Crippen molar-refractivity contribution in [2.75, 3.05) is 5.73 Å². The molecule has 1 heterocycles. The maximum Gasteiger partial charge on any atom is 0.359 e. The van der Waals surface area contributed by atoms with Crippen molar-refractivity contribution in [2.24, 2.45) is 7.05 Å². The summed E-state index contributed by atoms with van der Waals surface area (Å²) < 4.78 is 19.7. The molecule has 1 aromatic heterocycles. The fraction of sp³-hybridized carbons (Fsp3) is 0.286. The van der Waals surface area contributed by atoms with E-state index >= 15 is 0 Å². The molecule has 112 valence electrons. The smallest absolute Gasteiger partial charge is 0.359 e. The number of rotatable bonds is 4. The van der Waals surface area contributed by atoms with Gasteiger partial charge in [0, 0.05) is 17.6 Å². The molecule has 0 saturated carbocycles. The van der Waals surface area contributed by atoms with Gasteiger partial charge in [0.1, 0.15) is 12.4 Å². The lowest BCUT2D eigenvalue weighted by atomic mass is 10.2. The number of benzene rings is 1. The second-order valence-corrected chi connectivity index (χ2v) is 4.91. The molecular formula is C14H15ClFN3O2. The first-order valence-corrected chi connectivity index (χ1v) is 6.74. The second-order valence-electron chi connectivity index (χ2n) is 4.50. The number of anilines is 1. The van der Waals surface area contributed by atoms with Crippen molar-refractivity contribution in [2.45, 2.75) is 20.0 Å². The lowest BCUT2D eigenvalue weighted by molar-refractivity contribution is 0.0461. The Bertz CT molecular complexity index is 685. The predicted molar refractivity (Wildman–Crippen MR) is 77.5 cm³/mol. The van der Waals surface area contributed by atoms with Crippen LogP contribution < -0.4 is 5.73 Å². The average Bonchev–Trinajstić information content (AvgIpc) is 2.74. The van der Waals surface area contributed by atoms with Crippen LogP contribution in [-0.2, 0) is 24.8 Å². The Balaban J connectivity index is 2.15. The summed E-state index contributed by atoms with van der Waals surface area (Å²) in [6.07, 6.45) is 0.614. The minimum Gasteiger partial charge on any atom is -0.456 e. The van der Waals surface area contributed by atoms with E-state index < -0.39 is 11.8 Å². The molecule has 2 aromatic rings. The molecule has 0 aliphatic rings. The van der Waals surface area contributed by atoms with Crippen LogP contribution in [0.4, 0.5) is 10.1 Å². The van der Waals surface area contributed by atoms with E-state index in [1.54, 1.807) is 7.05 Å². The number of nitrogens with zero attached hydrogens (tertiary/aromatic N) is 2. The Morgan fingerprint density at radius 3 is 2.86 bits per heavy atom. The number of nitrogen functional groups attached to an aromatic ring is 1. The van der Waals surface area contributed by atoms with E-state index in [4.69, 9.17) is 22.1 Å². The number of esters is 1. The predicted octanol–water partition coefficient (Wildman–Crippen LogP) is 2.71.